The molecule has 0 atom stereocenters. The summed E-state index contributed by atoms with van der Waals surface area (Å²) in [4.78, 5) is 15.9. The molecule has 0 aliphatic rings. The van der Waals surface area contributed by atoms with Crippen LogP contribution in [0.15, 0.2) is 42.6 Å². The first-order valence-electron chi connectivity index (χ1n) is 6.16. The number of pyridine rings is 1. The van der Waals surface area contributed by atoms with Gasteiger partial charge in [-0.1, -0.05) is 35.9 Å². The lowest BCUT2D eigenvalue weighted by atomic mass is 10.1. The number of amides is 1. The standard InChI is InChI=1S/C15H15ClN2O2/c1-20-10-13-5-3-2-4-11(13)8-18-15(19)12-6-7-14(16)17-9-12/h2-7,9H,8,10H2,1H3,(H,18,19). The minimum atomic E-state index is -0.179. The van der Waals surface area contributed by atoms with E-state index in [-0.39, 0.29) is 5.91 Å². The molecule has 20 heavy (non-hydrogen) atoms. The minimum Gasteiger partial charge on any atom is -0.380 e. The molecule has 0 spiro atoms. The summed E-state index contributed by atoms with van der Waals surface area (Å²) >= 11 is 5.69. The summed E-state index contributed by atoms with van der Waals surface area (Å²) in [5.74, 6) is -0.179. The Hall–Kier alpha value is -1.91. The number of hydrogen-bond acceptors (Lipinski definition) is 3. The van der Waals surface area contributed by atoms with Crippen LogP contribution in [0.3, 0.4) is 0 Å². The Morgan fingerprint density at radius 2 is 2.00 bits per heavy atom. The Bertz CT molecular complexity index is 585. The van der Waals surface area contributed by atoms with Gasteiger partial charge in [0, 0.05) is 19.9 Å². The van der Waals surface area contributed by atoms with Gasteiger partial charge in [-0.2, -0.15) is 0 Å². The summed E-state index contributed by atoms with van der Waals surface area (Å²) < 4.78 is 5.14. The summed E-state index contributed by atoms with van der Waals surface area (Å²) in [7, 11) is 1.65. The van der Waals surface area contributed by atoms with Crippen molar-refractivity contribution in [1.82, 2.24) is 10.3 Å². The van der Waals surface area contributed by atoms with E-state index in [4.69, 9.17) is 16.3 Å². The first-order valence-corrected chi connectivity index (χ1v) is 6.54. The average Bonchev–Trinajstić information content (AvgIpc) is 2.47. The monoisotopic (exact) mass is 290 g/mol. The predicted molar refractivity (Wildman–Crippen MR) is 77.6 cm³/mol. The third-order valence-corrected chi connectivity index (χ3v) is 3.07. The van der Waals surface area contributed by atoms with Gasteiger partial charge in [-0.25, -0.2) is 4.98 Å². The number of rotatable bonds is 5. The van der Waals surface area contributed by atoms with Crippen LogP contribution in [0.1, 0.15) is 21.5 Å². The molecule has 4 nitrogen and oxygen atoms in total. The Balaban J connectivity index is 2.01. The molecule has 1 aromatic carbocycles. The number of ether oxygens (including phenoxy) is 1. The maximum Gasteiger partial charge on any atom is 0.253 e. The number of carbonyl (C=O) groups is 1. The van der Waals surface area contributed by atoms with Gasteiger partial charge in [-0.15, -0.1) is 0 Å². The molecule has 2 rings (SSSR count). The summed E-state index contributed by atoms with van der Waals surface area (Å²) in [6.45, 7) is 0.968. The second-order valence-corrected chi connectivity index (χ2v) is 4.64. The van der Waals surface area contributed by atoms with Gasteiger partial charge in [-0.05, 0) is 23.3 Å². The van der Waals surface area contributed by atoms with Crippen LogP contribution in [0, 0.1) is 0 Å². The van der Waals surface area contributed by atoms with E-state index in [1.54, 1.807) is 19.2 Å². The van der Waals surface area contributed by atoms with Crippen molar-refractivity contribution >= 4 is 17.5 Å². The number of hydrogen-bond donors (Lipinski definition) is 1. The largest absolute Gasteiger partial charge is 0.380 e. The lowest BCUT2D eigenvalue weighted by molar-refractivity contribution is 0.0950. The van der Waals surface area contributed by atoms with E-state index < -0.39 is 0 Å². The number of benzene rings is 1. The van der Waals surface area contributed by atoms with Crippen LogP contribution in [0.25, 0.3) is 0 Å². The van der Waals surface area contributed by atoms with Gasteiger partial charge >= 0.3 is 0 Å². The molecule has 0 fully saturated rings. The van der Waals surface area contributed by atoms with E-state index in [2.05, 4.69) is 10.3 Å². The number of nitrogens with one attached hydrogen (secondary N) is 1. The molecular weight excluding hydrogens is 276 g/mol. The second-order valence-electron chi connectivity index (χ2n) is 4.25. The summed E-state index contributed by atoms with van der Waals surface area (Å²) in [5.41, 5.74) is 2.58. The van der Waals surface area contributed by atoms with Crippen molar-refractivity contribution < 1.29 is 9.53 Å². The number of carbonyl (C=O) groups excluding carboxylic acids is 1. The van der Waals surface area contributed by atoms with E-state index >= 15 is 0 Å². The lowest BCUT2D eigenvalue weighted by Crippen LogP contribution is -2.23. The summed E-state index contributed by atoms with van der Waals surface area (Å²) in [6.07, 6.45) is 1.46. The van der Waals surface area contributed by atoms with Gasteiger partial charge in [0.1, 0.15) is 5.15 Å². The van der Waals surface area contributed by atoms with Crippen LogP contribution in [-0.2, 0) is 17.9 Å². The number of nitrogens with zero attached hydrogens (tertiary/aromatic N) is 1. The highest BCUT2D eigenvalue weighted by Crippen LogP contribution is 2.10. The summed E-state index contributed by atoms with van der Waals surface area (Å²) in [5, 5.41) is 3.22. The van der Waals surface area contributed by atoms with Gasteiger partial charge in [0.05, 0.1) is 12.2 Å². The van der Waals surface area contributed by atoms with Crippen LogP contribution in [0.2, 0.25) is 5.15 Å². The molecule has 0 aliphatic carbocycles. The van der Waals surface area contributed by atoms with E-state index in [1.807, 2.05) is 24.3 Å². The smallest absolute Gasteiger partial charge is 0.253 e. The predicted octanol–water partition coefficient (Wildman–Crippen LogP) is 2.81. The van der Waals surface area contributed by atoms with Crippen molar-refractivity contribution in [3.05, 3.63) is 64.4 Å². The Labute approximate surface area is 122 Å². The normalized spacial score (nSPS) is 10.3. The fraction of sp³-hybridized carbons (Fsp3) is 0.200. The lowest BCUT2D eigenvalue weighted by Gasteiger charge is -2.10. The Kier molecular flexibility index (Phi) is 5.09. The fourth-order valence-electron chi connectivity index (χ4n) is 1.81. The maximum absolute atomic E-state index is 12.0. The first kappa shape index (κ1) is 14.5. The van der Waals surface area contributed by atoms with Gasteiger partial charge in [0.25, 0.3) is 5.91 Å². The highest BCUT2D eigenvalue weighted by Gasteiger charge is 2.07. The quantitative estimate of drug-likeness (QED) is 0.862. The zero-order chi connectivity index (χ0) is 14.4. The Morgan fingerprint density at radius 3 is 2.65 bits per heavy atom. The van der Waals surface area contributed by atoms with E-state index in [1.165, 1.54) is 6.20 Å². The van der Waals surface area contributed by atoms with Gasteiger partial charge in [0.2, 0.25) is 0 Å². The van der Waals surface area contributed by atoms with Crippen LogP contribution in [0.4, 0.5) is 0 Å². The second kappa shape index (κ2) is 7.03. The first-order chi connectivity index (χ1) is 9.70. The SMILES string of the molecule is COCc1ccccc1CNC(=O)c1ccc(Cl)nc1. The highest BCUT2D eigenvalue weighted by atomic mass is 35.5. The molecule has 1 heterocycles. The molecule has 0 saturated carbocycles. The van der Waals surface area contributed by atoms with Crippen molar-refractivity contribution in [3.63, 3.8) is 0 Å². The number of aromatic nitrogens is 1. The molecule has 104 valence electrons. The molecular formula is C15H15ClN2O2. The molecule has 2 aromatic rings. The van der Waals surface area contributed by atoms with E-state index in [0.717, 1.165) is 11.1 Å². The van der Waals surface area contributed by atoms with E-state index in [0.29, 0.717) is 23.9 Å². The fourth-order valence-corrected chi connectivity index (χ4v) is 1.93. The van der Waals surface area contributed by atoms with Crippen LogP contribution >= 0.6 is 11.6 Å². The van der Waals surface area contributed by atoms with Crippen molar-refractivity contribution in [1.29, 1.82) is 0 Å². The molecule has 0 bridgehead atoms. The highest BCUT2D eigenvalue weighted by molar-refractivity contribution is 6.29. The van der Waals surface area contributed by atoms with Crippen molar-refractivity contribution in [2.24, 2.45) is 0 Å². The maximum atomic E-state index is 12.0. The van der Waals surface area contributed by atoms with Gasteiger partial charge in [-0.3, -0.25) is 4.79 Å². The molecule has 1 N–H and O–H groups in total. The van der Waals surface area contributed by atoms with Gasteiger partial charge in [0.15, 0.2) is 0 Å². The third kappa shape index (κ3) is 3.79. The van der Waals surface area contributed by atoms with Crippen molar-refractivity contribution in [2.45, 2.75) is 13.2 Å². The molecule has 0 aliphatic heterocycles. The molecule has 0 unspecified atom stereocenters. The minimum absolute atomic E-state index is 0.179. The summed E-state index contributed by atoms with van der Waals surface area (Å²) in [6, 6.07) is 11.1. The topological polar surface area (TPSA) is 51.2 Å². The molecule has 0 saturated heterocycles. The van der Waals surface area contributed by atoms with Gasteiger partial charge < -0.3 is 10.1 Å². The molecule has 1 aromatic heterocycles. The molecule has 5 heteroatoms. The van der Waals surface area contributed by atoms with Crippen LogP contribution < -0.4 is 5.32 Å². The van der Waals surface area contributed by atoms with Crippen LogP contribution in [-0.4, -0.2) is 18.0 Å². The average molecular weight is 291 g/mol. The zero-order valence-corrected chi connectivity index (χ0v) is 11.9. The van der Waals surface area contributed by atoms with Crippen LogP contribution in [0.5, 0.6) is 0 Å². The molecule has 0 radical (unpaired) electrons. The van der Waals surface area contributed by atoms with Crippen molar-refractivity contribution in [2.75, 3.05) is 7.11 Å². The number of halogens is 1. The van der Waals surface area contributed by atoms with E-state index in [9.17, 15) is 4.79 Å². The third-order valence-electron chi connectivity index (χ3n) is 2.85. The molecule has 1 amide bonds. The number of methoxy groups -OCH3 is 1. The Morgan fingerprint density at radius 1 is 1.25 bits per heavy atom. The zero-order valence-electron chi connectivity index (χ0n) is 11.1. The van der Waals surface area contributed by atoms with Crippen molar-refractivity contribution in [3.8, 4) is 0 Å².